The van der Waals surface area contributed by atoms with Crippen LogP contribution in [-0.2, 0) is 17.2 Å². The van der Waals surface area contributed by atoms with Crippen molar-refractivity contribution in [1.82, 2.24) is 0 Å². The molecule has 1 heterocycles. The number of thiophene rings is 1. The van der Waals surface area contributed by atoms with Crippen molar-refractivity contribution in [3.63, 3.8) is 0 Å². The highest BCUT2D eigenvalue weighted by molar-refractivity contribution is 7.85. The molecule has 0 fully saturated rings. The molecule has 2 aromatic rings. The fourth-order valence-electron chi connectivity index (χ4n) is 1.42. The third-order valence-electron chi connectivity index (χ3n) is 2.28. The molecule has 2 N–H and O–H groups in total. The van der Waals surface area contributed by atoms with E-state index in [1.807, 2.05) is 17.5 Å². The number of hydrogen-bond acceptors (Lipinski definition) is 3. The minimum atomic E-state index is -0.954. The molecule has 0 saturated carbocycles. The molecule has 16 heavy (non-hydrogen) atoms. The Hall–Kier alpha value is -1.13. The van der Waals surface area contributed by atoms with E-state index in [-0.39, 0.29) is 0 Å². The van der Waals surface area contributed by atoms with Gasteiger partial charge in [-0.05, 0) is 47.0 Å². The zero-order chi connectivity index (χ0) is 11.4. The van der Waals surface area contributed by atoms with Crippen molar-refractivity contribution in [3.05, 3.63) is 46.7 Å². The Kier molecular flexibility index (Phi) is 3.74. The Bertz CT molecular complexity index is 480. The molecular formula is C12H13NOS2. The molecule has 0 aliphatic carbocycles. The molecule has 2 nitrogen and oxygen atoms in total. The Morgan fingerprint density at radius 1 is 1.31 bits per heavy atom. The van der Waals surface area contributed by atoms with Crippen LogP contribution in [0.15, 0.2) is 46.0 Å². The zero-order valence-corrected chi connectivity index (χ0v) is 10.4. The summed E-state index contributed by atoms with van der Waals surface area (Å²) >= 11 is 1.67. The standard InChI is InChI=1S/C12H13NOS2/c13-11-2-1-3-12(8-11)16(14)7-5-10-4-6-15-9-10/h1-4,6,8-9H,5,7,13H2. The molecule has 2 rings (SSSR count). The van der Waals surface area contributed by atoms with Crippen molar-refractivity contribution < 1.29 is 4.21 Å². The number of nitrogen functional groups attached to an aromatic ring is 1. The van der Waals surface area contributed by atoms with E-state index in [0.717, 1.165) is 11.3 Å². The summed E-state index contributed by atoms with van der Waals surface area (Å²) in [5.74, 6) is 0.653. The van der Waals surface area contributed by atoms with Gasteiger partial charge in [0.05, 0.1) is 10.8 Å². The van der Waals surface area contributed by atoms with Crippen LogP contribution in [0.2, 0.25) is 0 Å². The van der Waals surface area contributed by atoms with E-state index in [4.69, 9.17) is 5.73 Å². The van der Waals surface area contributed by atoms with Gasteiger partial charge in [0.2, 0.25) is 0 Å². The van der Waals surface area contributed by atoms with Crippen molar-refractivity contribution in [1.29, 1.82) is 0 Å². The molecule has 0 saturated heterocycles. The van der Waals surface area contributed by atoms with E-state index in [9.17, 15) is 4.21 Å². The fourth-order valence-corrected chi connectivity index (χ4v) is 3.28. The SMILES string of the molecule is Nc1cccc(S(=O)CCc2ccsc2)c1. The lowest BCUT2D eigenvalue weighted by atomic mass is 10.3. The topological polar surface area (TPSA) is 43.1 Å². The monoisotopic (exact) mass is 251 g/mol. The summed E-state index contributed by atoms with van der Waals surface area (Å²) in [6.07, 6.45) is 0.852. The maximum atomic E-state index is 12.0. The van der Waals surface area contributed by atoms with Gasteiger partial charge < -0.3 is 5.73 Å². The molecule has 1 aromatic heterocycles. The van der Waals surface area contributed by atoms with Crippen LogP contribution in [0.3, 0.4) is 0 Å². The second-order valence-electron chi connectivity index (χ2n) is 3.50. The highest BCUT2D eigenvalue weighted by Gasteiger charge is 2.04. The molecule has 0 amide bonds. The quantitative estimate of drug-likeness (QED) is 0.849. The summed E-state index contributed by atoms with van der Waals surface area (Å²) in [7, 11) is -0.954. The third kappa shape index (κ3) is 2.93. The number of rotatable bonds is 4. The van der Waals surface area contributed by atoms with Crippen LogP contribution in [0, 0.1) is 0 Å². The fraction of sp³-hybridized carbons (Fsp3) is 0.167. The van der Waals surface area contributed by atoms with Gasteiger partial charge in [0.15, 0.2) is 0 Å². The molecule has 84 valence electrons. The van der Waals surface area contributed by atoms with Crippen LogP contribution >= 0.6 is 11.3 Å². The predicted molar refractivity (Wildman–Crippen MR) is 70.2 cm³/mol. The highest BCUT2D eigenvalue weighted by Crippen LogP contribution is 2.13. The average Bonchev–Trinajstić information content (AvgIpc) is 2.78. The second kappa shape index (κ2) is 5.27. The molecule has 1 atom stereocenters. The van der Waals surface area contributed by atoms with Gasteiger partial charge >= 0.3 is 0 Å². The van der Waals surface area contributed by atoms with Crippen molar-refractivity contribution >= 4 is 27.8 Å². The Morgan fingerprint density at radius 2 is 2.19 bits per heavy atom. The molecule has 1 aromatic carbocycles. The summed E-state index contributed by atoms with van der Waals surface area (Å²) < 4.78 is 12.0. The van der Waals surface area contributed by atoms with Gasteiger partial charge in [-0.1, -0.05) is 6.07 Å². The first-order valence-corrected chi connectivity index (χ1v) is 7.27. The van der Waals surface area contributed by atoms with E-state index in [1.54, 1.807) is 23.5 Å². The molecule has 4 heteroatoms. The van der Waals surface area contributed by atoms with E-state index in [1.165, 1.54) is 5.56 Å². The van der Waals surface area contributed by atoms with E-state index < -0.39 is 10.8 Å². The number of aryl methyl sites for hydroxylation is 1. The van der Waals surface area contributed by atoms with Crippen LogP contribution in [0.5, 0.6) is 0 Å². The van der Waals surface area contributed by atoms with Crippen molar-refractivity contribution in [2.45, 2.75) is 11.3 Å². The van der Waals surface area contributed by atoms with Crippen LogP contribution < -0.4 is 5.73 Å². The minimum absolute atomic E-state index is 0.653. The zero-order valence-electron chi connectivity index (χ0n) is 8.76. The van der Waals surface area contributed by atoms with E-state index in [0.29, 0.717) is 11.4 Å². The molecule has 1 unspecified atom stereocenters. The summed E-state index contributed by atoms with van der Waals surface area (Å²) in [4.78, 5) is 0.815. The van der Waals surface area contributed by atoms with Gasteiger partial charge in [-0.15, -0.1) is 0 Å². The molecule has 0 spiro atoms. The molecule has 0 aliphatic heterocycles. The molecule has 0 radical (unpaired) electrons. The number of benzene rings is 1. The van der Waals surface area contributed by atoms with Crippen molar-refractivity contribution in [2.24, 2.45) is 0 Å². The number of nitrogens with two attached hydrogens (primary N) is 1. The van der Waals surface area contributed by atoms with Gasteiger partial charge in [0.1, 0.15) is 0 Å². The van der Waals surface area contributed by atoms with Gasteiger partial charge in [0, 0.05) is 16.3 Å². The van der Waals surface area contributed by atoms with Crippen LogP contribution in [-0.4, -0.2) is 9.96 Å². The van der Waals surface area contributed by atoms with Gasteiger partial charge in [0.25, 0.3) is 0 Å². The van der Waals surface area contributed by atoms with Gasteiger partial charge in [-0.25, -0.2) is 0 Å². The summed E-state index contributed by atoms with van der Waals surface area (Å²) in [6, 6.07) is 9.36. The highest BCUT2D eigenvalue weighted by atomic mass is 32.2. The lowest BCUT2D eigenvalue weighted by Crippen LogP contribution is -2.01. The van der Waals surface area contributed by atoms with Gasteiger partial charge in [-0.2, -0.15) is 11.3 Å². The maximum Gasteiger partial charge on any atom is 0.0533 e. The molecule has 0 aliphatic rings. The number of anilines is 1. The van der Waals surface area contributed by atoms with E-state index in [2.05, 4.69) is 11.4 Å². The lowest BCUT2D eigenvalue weighted by Gasteiger charge is -2.02. The normalized spacial score (nSPS) is 12.5. The van der Waals surface area contributed by atoms with Crippen molar-refractivity contribution in [3.8, 4) is 0 Å². The van der Waals surface area contributed by atoms with Crippen LogP contribution in [0.1, 0.15) is 5.56 Å². The van der Waals surface area contributed by atoms with Crippen molar-refractivity contribution in [2.75, 3.05) is 11.5 Å². The second-order valence-corrected chi connectivity index (χ2v) is 5.85. The van der Waals surface area contributed by atoms with Crippen LogP contribution in [0.4, 0.5) is 5.69 Å². The summed E-state index contributed by atoms with van der Waals surface area (Å²) in [5, 5.41) is 4.13. The smallest absolute Gasteiger partial charge is 0.0533 e. The largest absolute Gasteiger partial charge is 0.399 e. The average molecular weight is 251 g/mol. The predicted octanol–water partition coefficient (Wildman–Crippen LogP) is 2.68. The van der Waals surface area contributed by atoms with E-state index >= 15 is 0 Å². The molecular weight excluding hydrogens is 238 g/mol. The first-order valence-electron chi connectivity index (χ1n) is 5.01. The first-order chi connectivity index (χ1) is 7.75. The lowest BCUT2D eigenvalue weighted by molar-refractivity contribution is 0.682. The summed E-state index contributed by atoms with van der Waals surface area (Å²) in [6.45, 7) is 0. The summed E-state index contributed by atoms with van der Waals surface area (Å²) in [5.41, 5.74) is 7.57. The maximum absolute atomic E-state index is 12.0. The van der Waals surface area contributed by atoms with Crippen LogP contribution in [0.25, 0.3) is 0 Å². The number of hydrogen-bond donors (Lipinski definition) is 1. The third-order valence-corrected chi connectivity index (χ3v) is 4.36. The first kappa shape index (κ1) is 11.4. The Balaban J connectivity index is 1.98. The Morgan fingerprint density at radius 3 is 2.88 bits per heavy atom. The van der Waals surface area contributed by atoms with Gasteiger partial charge in [-0.3, -0.25) is 4.21 Å². The minimum Gasteiger partial charge on any atom is -0.399 e. The molecule has 0 bridgehead atoms. The Labute approximate surface area is 102 Å².